The Morgan fingerprint density at radius 2 is 1.70 bits per heavy atom. The molecule has 4 aromatic rings. The van der Waals surface area contributed by atoms with Gasteiger partial charge in [0.2, 0.25) is 0 Å². The summed E-state index contributed by atoms with van der Waals surface area (Å²) in [5.41, 5.74) is 3.87. The highest BCUT2D eigenvalue weighted by Gasteiger charge is 2.25. The summed E-state index contributed by atoms with van der Waals surface area (Å²) in [6, 6.07) is 18.8. The highest BCUT2D eigenvalue weighted by molar-refractivity contribution is 8.18. The number of aryl methyl sites for hydroxylation is 2. The molecule has 1 aliphatic heterocycles. The number of thioether (sulfide) groups is 1. The van der Waals surface area contributed by atoms with Crippen LogP contribution in [0.1, 0.15) is 22.8 Å². The number of amides is 1. The average Bonchev–Trinajstić information content (AvgIpc) is 3.27. The van der Waals surface area contributed by atoms with Crippen LogP contribution in [0.15, 0.2) is 75.4 Å². The van der Waals surface area contributed by atoms with Gasteiger partial charge < -0.3 is 5.32 Å². The fraction of sp³-hybridized carbons (Fsp3) is 0.120. The molecule has 1 aliphatic rings. The first-order chi connectivity index (χ1) is 15.9. The average molecular weight is 456 g/mol. The van der Waals surface area contributed by atoms with Gasteiger partial charge >= 0.3 is 0 Å². The second-order valence-electron chi connectivity index (χ2n) is 7.75. The van der Waals surface area contributed by atoms with Gasteiger partial charge in [0.1, 0.15) is 5.82 Å². The van der Waals surface area contributed by atoms with Crippen LogP contribution >= 0.6 is 11.8 Å². The zero-order valence-corrected chi connectivity index (χ0v) is 19.2. The van der Waals surface area contributed by atoms with Crippen molar-refractivity contribution in [2.45, 2.75) is 20.8 Å². The van der Waals surface area contributed by atoms with Gasteiger partial charge in [-0.05, 0) is 74.5 Å². The van der Waals surface area contributed by atoms with Gasteiger partial charge in [-0.1, -0.05) is 30.3 Å². The minimum Gasteiger partial charge on any atom is -0.300 e. The maximum Gasteiger partial charge on any atom is 0.280 e. The summed E-state index contributed by atoms with van der Waals surface area (Å²) >= 11 is 1.30. The lowest BCUT2D eigenvalue weighted by Gasteiger charge is -2.16. The zero-order chi connectivity index (χ0) is 23.1. The molecule has 8 heteroatoms. The molecule has 2 aromatic carbocycles. The quantitative estimate of drug-likeness (QED) is 0.467. The van der Waals surface area contributed by atoms with E-state index >= 15 is 0 Å². The Morgan fingerprint density at radius 3 is 2.48 bits per heavy atom. The summed E-state index contributed by atoms with van der Waals surface area (Å²) in [6.45, 7) is 5.68. The molecule has 3 heterocycles. The van der Waals surface area contributed by atoms with E-state index in [-0.39, 0.29) is 11.5 Å². The zero-order valence-electron chi connectivity index (χ0n) is 18.4. The Balaban J connectivity index is 1.55. The molecule has 0 spiro atoms. The molecule has 5 rings (SSSR count). The van der Waals surface area contributed by atoms with E-state index in [1.54, 1.807) is 10.7 Å². The number of nitrogens with zero attached hydrogens (tertiary/aromatic N) is 4. The molecule has 0 unspecified atom stereocenters. The van der Waals surface area contributed by atoms with Crippen molar-refractivity contribution in [2.24, 2.45) is 4.99 Å². The number of nitrogens with one attached hydrogen (secondary N) is 1. The number of hydrogen-bond acceptors (Lipinski definition) is 5. The summed E-state index contributed by atoms with van der Waals surface area (Å²) in [4.78, 5) is 35.5. The summed E-state index contributed by atoms with van der Waals surface area (Å²) in [5, 5.41) is 3.91. The molecule has 0 radical (unpaired) electrons. The maximum atomic E-state index is 13.3. The largest absolute Gasteiger partial charge is 0.300 e. The number of amidine groups is 1. The second-order valence-corrected chi connectivity index (χ2v) is 8.78. The van der Waals surface area contributed by atoms with Crippen LogP contribution in [0.2, 0.25) is 0 Å². The molecule has 2 aromatic heterocycles. The number of aromatic nitrogens is 3. The van der Waals surface area contributed by atoms with Crippen molar-refractivity contribution in [1.29, 1.82) is 0 Å². The third-order valence-corrected chi connectivity index (χ3v) is 6.38. The molecule has 0 bridgehead atoms. The first-order valence-corrected chi connectivity index (χ1v) is 11.3. The van der Waals surface area contributed by atoms with Gasteiger partial charge in [0.05, 0.1) is 21.5 Å². The maximum absolute atomic E-state index is 13.3. The highest BCUT2D eigenvalue weighted by Crippen LogP contribution is 2.29. The number of fused-ring (bicyclic) bond motifs is 1. The summed E-state index contributed by atoms with van der Waals surface area (Å²) in [5.74, 6) is 0.394. The fourth-order valence-corrected chi connectivity index (χ4v) is 4.78. The van der Waals surface area contributed by atoms with E-state index in [2.05, 4.69) is 15.3 Å². The molecule has 1 amide bonds. The topological polar surface area (TPSA) is 81.3 Å². The fourth-order valence-electron chi connectivity index (χ4n) is 3.94. The minimum absolute atomic E-state index is 0.135. The predicted octanol–water partition coefficient (Wildman–Crippen LogP) is 4.33. The van der Waals surface area contributed by atoms with Gasteiger partial charge in [-0.15, -0.1) is 0 Å². The van der Waals surface area contributed by atoms with Gasteiger partial charge in [0, 0.05) is 11.4 Å². The van der Waals surface area contributed by atoms with Gasteiger partial charge in [0.15, 0.2) is 5.17 Å². The Bertz CT molecular complexity index is 1530. The lowest BCUT2D eigenvalue weighted by molar-refractivity contribution is -0.115. The van der Waals surface area contributed by atoms with E-state index in [0.717, 1.165) is 22.6 Å². The van der Waals surface area contributed by atoms with E-state index in [9.17, 15) is 9.59 Å². The molecule has 0 atom stereocenters. The molecule has 1 fully saturated rings. The number of aliphatic imine (C=N–C) groups is 1. The van der Waals surface area contributed by atoms with Crippen LogP contribution in [-0.4, -0.2) is 25.4 Å². The molecular formula is C25H21N5O2S. The van der Waals surface area contributed by atoms with Crippen molar-refractivity contribution in [1.82, 2.24) is 19.7 Å². The van der Waals surface area contributed by atoms with Crippen LogP contribution in [0.25, 0.3) is 17.0 Å². The van der Waals surface area contributed by atoms with Crippen LogP contribution in [0.3, 0.4) is 0 Å². The first-order valence-electron chi connectivity index (χ1n) is 10.4. The predicted molar refractivity (Wildman–Crippen MR) is 133 cm³/mol. The van der Waals surface area contributed by atoms with Crippen LogP contribution in [0.4, 0.5) is 5.69 Å². The Hall–Kier alpha value is -3.91. The Kier molecular flexibility index (Phi) is 5.22. The van der Waals surface area contributed by atoms with Crippen molar-refractivity contribution < 1.29 is 4.79 Å². The van der Waals surface area contributed by atoms with Crippen LogP contribution < -0.4 is 10.9 Å². The molecule has 0 aliphatic carbocycles. The van der Waals surface area contributed by atoms with Crippen LogP contribution in [0, 0.1) is 20.8 Å². The number of para-hydroxylation sites is 2. The number of carbonyl (C=O) groups is 1. The molecule has 164 valence electrons. The van der Waals surface area contributed by atoms with Crippen LogP contribution in [-0.2, 0) is 4.79 Å². The number of carbonyl (C=O) groups excluding carboxylic acids is 1. The van der Waals surface area contributed by atoms with Crippen molar-refractivity contribution in [2.75, 3.05) is 0 Å². The van der Waals surface area contributed by atoms with E-state index in [1.165, 1.54) is 11.8 Å². The molecule has 1 N–H and O–H groups in total. The first kappa shape index (κ1) is 21.0. The monoisotopic (exact) mass is 455 g/mol. The summed E-state index contributed by atoms with van der Waals surface area (Å²) < 4.78 is 3.43. The number of benzene rings is 2. The van der Waals surface area contributed by atoms with E-state index in [4.69, 9.17) is 0 Å². The van der Waals surface area contributed by atoms with Gasteiger partial charge in [0.25, 0.3) is 11.5 Å². The van der Waals surface area contributed by atoms with Crippen molar-refractivity contribution in [3.8, 4) is 0 Å². The van der Waals surface area contributed by atoms with Gasteiger partial charge in [-0.25, -0.2) is 9.98 Å². The number of hydrogen-bond donors (Lipinski definition) is 1. The molecule has 7 nitrogen and oxygen atoms in total. The summed E-state index contributed by atoms with van der Waals surface area (Å²) in [7, 11) is 0. The van der Waals surface area contributed by atoms with Gasteiger partial charge in [-0.2, -0.15) is 4.68 Å². The Morgan fingerprint density at radius 1 is 0.970 bits per heavy atom. The molecule has 0 saturated carbocycles. The van der Waals surface area contributed by atoms with Crippen LogP contribution in [0.5, 0.6) is 0 Å². The van der Waals surface area contributed by atoms with Crippen molar-refractivity contribution in [3.05, 3.63) is 98.7 Å². The third kappa shape index (κ3) is 3.78. The van der Waals surface area contributed by atoms with E-state index < -0.39 is 0 Å². The molecule has 33 heavy (non-hydrogen) atoms. The lowest BCUT2D eigenvalue weighted by Crippen LogP contribution is -2.30. The van der Waals surface area contributed by atoms with E-state index in [0.29, 0.717) is 26.8 Å². The van der Waals surface area contributed by atoms with Gasteiger partial charge in [-0.3, -0.25) is 14.3 Å². The van der Waals surface area contributed by atoms with Crippen molar-refractivity contribution in [3.63, 3.8) is 0 Å². The highest BCUT2D eigenvalue weighted by atomic mass is 32.2. The minimum atomic E-state index is -0.194. The standard InChI is InChI=1S/C25H21N5O2S/c1-15-13-18(14-22-23(31)28-25(33-22)27-19-9-5-4-6-10-19)16(2)29(15)30-17(3)26-21-12-8-7-11-20(21)24(30)32/h4-14H,1-3H3,(H,27,28,31). The molecular weight excluding hydrogens is 434 g/mol. The lowest BCUT2D eigenvalue weighted by atomic mass is 10.2. The number of rotatable bonds is 3. The molecule has 1 saturated heterocycles. The SMILES string of the molecule is Cc1cc(C=C2SC(=Nc3ccccc3)NC2=O)c(C)n1-n1c(C)nc2ccccc2c1=O. The second kappa shape index (κ2) is 8.22. The normalized spacial score (nSPS) is 16.2. The smallest absolute Gasteiger partial charge is 0.280 e. The van der Waals surface area contributed by atoms with Crippen molar-refractivity contribution >= 4 is 45.5 Å². The van der Waals surface area contributed by atoms with E-state index in [1.807, 2.05) is 86.1 Å². The third-order valence-electron chi connectivity index (χ3n) is 5.47. The Labute approximate surface area is 194 Å². The summed E-state index contributed by atoms with van der Waals surface area (Å²) in [6.07, 6.45) is 1.83.